The van der Waals surface area contributed by atoms with Gasteiger partial charge in [-0.25, -0.2) is 0 Å². The van der Waals surface area contributed by atoms with E-state index in [1.54, 1.807) is 0 Å². The van der Waals surface area contributed by atoms with Crippen molar-refractivity contribution in [3.05, 3.63) is 0 Å². The minimum Gasteiger partial charge on any atom is -0.356 e. The van der Waals surface area contributed by atoms with E-state index < -0.39 is 0 Å². The van der Waals surface area contributed by atoms with Crippen LogP contribution in [0.4, 0.5) is 0 Å². The molecule has 0 bridgehead atoms. The van der Waals surface area contributed by atoms with Crippen molar-refractivity contribution in [3.8, 4) is 0 Å². The summed E-state index contributed by atoms with van der Waals surface area (Å²) >= 11 is 0. The molecular weight excluding hydrogens is 250 g/mol. The summed E-state index contributed by atoms with van der Waals surface area (Å²) in [5.74, 6) is 0.584. The summed E-state index contributed by atoms with van der Waals surface area (Å²) < 4.78 is 0. The highest BCUT2D eigenvalue weighted by atomic mass is 16.1. The predicted octanol–water partition coefficient (Wildman–Crippen LogP) is 1.99. The second kappa shape index (κ2) is 7.99. The van der Waals surface area contributed by atoms with Crippen molar-refractivity contribution < 1.29 is 4.79 Å². The number of amides is 1. The van der Waals surface area contributed by atoms with Crippen molar-refractivity contribution in [3.63, 3.8) is 0 Å². The largest absolute Gasteiger partial charge is 0.356 e. The van der Waals surface area contributed by atoms with Crippen LogP contribution in [0.3, 0.4) is 0 Å². The zero-order valence-corrected chi connectivity index (χ0v) is 13.7. The molecule has 1 fully saturated rings. The Balaban J connectivity index is 2.19. The van der Waals surface area contributed by atoms with Gasteiger partial charge in [-0.3, -0.25) is 4.79 Å². The molecule has 1 saturated heterocycles. The normalized spacial score (nSPS) is 20.4. The Morgan fingerprint density at radius 3 is 2.40 bits per heavy atom. The number of carbonyl (C=O) groups excluding carboxylic acids is 1. The van der Waals surface area contributed by atoms with Gasteiger partial charge in [-0.2, -0.15) is 0 Å². The zero-order chi connectivity index (χ0) is 15.2. The number of piperidine rings is 1. The van der Waals surface area contributed by atoms with Gasteiger partial charge in [-0.05, 0) is 37.3 Å². The van der Waals surface area contributed by atoms with Crippen LogP contribution in [0.2, 0.25) is 0 Å². The molecule has 4 heteroatoms. The third kappa shape index (κ3) is 6.71. The second-order valence-electron chi connectivity index (χ2n) is 7.45. The lowest BCUT2D eigenvalue weighted by Crippen LogP contribution is -2.42. The van der Waals surface area contributed by atoms with Gasteiger partial charge in [0.1, 0.15) is 0 Å². The van der Waals surface area contributed by atoms with Gasteiger partial charge in [-0.1, -0.05) is 34.1 Å². The molecular formula is C16H33N3O. The molecule has 0 aromatic carbocycles. The molecule has 3 N–H and O–H groups in total. The Labute approximate surface area is 124 Å². The van der Waals surface area contributed by atoms with Crippen molar-refractivity contribution in [2.75, 3.05) is 26.2 Å². The number of hydrogen-bond donors (Lipinski definition) is 2. The average Bonchev–Trinajstić information content (AvgIpc) is 2.36. The van der Waals surface area contributed by atoms with Crippen molar-refractivity contribution in [2.45, 2.75) is 59.4 Å². The fourth-order valence-corrected chi connectivity index (χ4v) is 2.51. The highest BCUT2D eigenvalue weighted by molar-refractivity contribution is 5.76. The van der Waals surface area contributed by atoms with Crippen molar-refractivity contribution in [2.24, 2.45) is 17.1 Å². The van der Waals surface area contributed by atoms with Gasteiger partial charge < -0.3 is 16.0 Å². The van der Waals surface area contributed by atoms with Crippen LogP contribution in [0.25, 0.3) is 0 Å². The molecule has 1 aliphatic rings. The highest BCUT2D eigenvalue weighted by Gasteiger charge is 2.23. The van der Waals surface area contributed by atoms with E-state index in [1.165, 1.54) is 32.4 Å². The van der Waals surface area contributed by atoms with E-state index in [1.807, 2.05) is 0 Å². The number of nitrogens with zero attached hydrogens (tertiary/aromatic N) is 1. The van der Waals surface area contributed by atoms with Crippen molar-refractivity contribution >= 4 is 5.91 Å². The standard InChI is InChI=1S/C16H33N3O/c1-13(12-19-8-6-5-7-9-19)11-18-15(20)10-14(17)16(2,3)4/h13-14H,5-12,17H2,1-4H3,(H,18,20). The van der Waals surface area contributed by atoms with Crippen LogP contribution in [-0.2, 0) is 4.79 Å². The fourth-order valence-electron chi connectivity index (χ4n) is 2.51. The summed E-state index contributed by atoms with van der Waals surface area (Å²) in [6.45, 7) is 12.7. The summed E-state index contributed by atoms with van der Waals surface area (Å²) in [6, 6.07) is -0.0834. The SMILES string of the molecule is CC(CNC(=O)CC(N)C(C)(C)C)CN1CCCCC1. The topological polar surface area (TPSA) is 58.4 Å². The Morgan fingerprint density at radius 2 is 1.85 bits per heavy atom. The second-order valence-corrected chi connectivity index (χ2v) is 7.45. The molecule has 0 saturated carbocycles. The monoisotopic (exact) mass is 283 g/mol. The van der Waals surface area contributed by atoms with Gasteiger partial charge in [0.25, 0.3) is 0 Å². The van der Waals surface area contributed by atoms with Crippen molar-refractivity contribution in [1.29, 1.82) is 0 Å². The predicted molar refractivity (Wildman–Crippen MR) is 84.5 cm³/mol. The Hall–Kier alpha value is -0.610. The lowest BCUT2D eigenvalue weighted by atomic mass is 9.85. The fraction of sp³-hybridized carbons (Fsp3) is 0.938. The van der Waals surface area contributed by atoms with Crippen LogP contribution < -0.4 is 11.1 Å². The van der Waals surface area contributed by atoms with Crippen LogP contribution in [0.5, 0.6) is 0 Å². The lowest BCUT2D eigenvalue weighted by molar-refractivity contribution is -0.122. The van der Waals surface area contributed by atoms with Crippen molar-refractivity contribution in [1.82, 2.24) is 10.2 Å². The van der Waals surface area contributed by atoms with Gasteiger partial charge >= 0.3 is 0 Å². The molecule has 0 aromatic rings. The number of likely N-dealkylation sites (tertiary alicyclic amines) is 1. The maximum absolute atomic E-state index is 11.9. The van der Waals surface area contributed by atoms with Gasteiger partial charge in [0, 0.05) is 25.6 Å². The van der Waals surface area contributed by atoms with E-state index in [0.717, 1.165) is 13.1 Å². The molecule has 1 rings (SSSR count). The number of carbonyl (C=O) groups is 1. The minimum absolute atomic E-state index is 0.0171. The molecule has 0 aromatic heterocycles. The molecule has 2 atom stereocenters. The first kappa shape index (κ1) is 17.4. The van der Waals surface area contributed by atoms with Crippen LogP contribution in [0.1, 0.15) is 53.4 Å². The van der Waals surface area contributed by atoms with Gasteiger partial charge in [0.15, 0.2) is 0 Å². The minimum atomic E-state index is -0.0834. The van der Waals surface area contributed by atoms with Gasteiger partial charge in [-0.15, -0.1) is 0 Å². The summed E-state index contributed by atoms with van der Waals surface area (Å²) in [5, 5.41) is 3.03. The number of rotatable bonds is 6. The average molecular weight is 283 g/mol. The summed E-state index contributed by atoms with van der Waals surface area (Å²) in [4.78, 5) is 14.4. The Kier molecular flexibility index (Phi) is 6.96. The van der Waals surface area contributed by atoms with E-state index in [0.29, 0.717) is 12.3 Å². The molecule has 4 nitrogen and oxygen atoms in total. The first-order chi connectivity index (χ1) is 9.29. The van der Waals surface area contributed by atoms with Gasteiger partial charge in [0.2, 0.25) is 5.91 Å². The lowest BCUT2D eigenvalue weighted by Gasteiger charge is -2.29. The summed E-state index contributed by atoms with van der Waals surface area (Å²) in [7, 11) is 0. The molecule has 1 aliphatic heterocycles. The van der Waals surface area contributed by atoms with E-state index in [-0.39, 0.29) is 17.4 Å². The quantitative estimate of drug-likeness (QED) is 0.784. The number of nitrogens with one attached hydrogen (secondary N) is 1. The Morgan fingerprint density at radius 1 is 1.25 bits per heavy atom. The molecule has 20 heavy (non-hydrogen) atoms. The first-order valence-corrected chi connectivity index (χ1v) is 8.03. The molecule has 1 amide bonds. The maximum atomic E-state index is 11.9. The van der Waals surface area contributed by atoms with Gasteiger partial charge in [0.05, 0.1) is 0 Å². The maximum Gasteiger partial charge on any atom is 0.221 e. The van der Waals surface area contributed by atoms with E-state index in [2.05, 4.69) is 37.9 Å². The van der Waals surface area contributed by atoms with E-state index in [9.17, 15) is 4.79 Å². The van der Waals surface area contributed by atoms with E-state index >= 15 is 0 Å². The molecule has 2 unspecified atom stereocenters. The third-order valence-corrected chi connectivity index (χ3v) is 4.18. The summed E-state index contributed by atoms with van der Waals surface area (Å²) in [6.07, 6.45) is 4.42. The van der Waals surface area contributed by atoms with Crippen LogP contribution in [-0.4, -0.2) is 43.0 Å². The van der Waals surface area contributed by atoms with Crippen LogP contribution in [0, 0.1) is 11.3 Å². The van der Waals surface area contributed by atoms with Crippen LogP contribution in [0.15, 0.2) is 0 Å². The number of hydrogen-bond acceptors (Lipinski definition) is 3. The smallest absolute Gasteiger partial charge is 0.221 e. The number of nitrogens with two attached hydrogens (primary N) is 1. The molecule has 118 valence electrons. The molecule has 0 radical (unpaired) electrons. The third-order valence-electron chi connectivity index (χ3n) is 4.18. The van der Waals surface area contributed by atoms with E-state index in [4.69, 9.17) is 5.73 Å². The first-order valence-electron chi connectivity index (χ1n) is 8.03. The summed E-state index contributed by atoms with van der Waals surface area (Å²) in [5.41, 5.74) is 6.02. The molecule has 0 spiro atoms. The molecule has 1 heterocycles. The zero-order valence-electron chi connectivity index (χ0n) is 13.7. The molecule has 0 aliphatic carbocycles. The Bertz CT molecular complexity index is 293. The van der Waals surface area contributed by atoms with Crippen LogP contribution >= 0.6 is 0 Å². The highest BCUT2D eigenvalue weighted by Crippen LogP contribution is 2.19.